The fourth-order valence-corrected chi connectivity index (χ4v) is 3.70. The molecule has 0 atom stereocenters. The monoisotopic (exact) mass is 392 g/mol. The molecule has 2 amide bonds. The van der Waals surface area contributed by atoms with E-state index in [2.05, 4.69) is 0 Å². The molecular weight excluding hydrogens is 380 g/mol. The van der Waals surface area contributed by atoms with Gasteiger partial charge in [-0.3, -0.25) is 24.3 Å². The summed E-state index contributed by atoms with van der Waals surface area (Å²) < 4.78 is 35.7. The molecule has 0 saturated heterocycles. The van der Waals surface area contributed by atoms with Gasteiger partial charge in [-0.25, -0.2) is 13.6 Å². The number of benzene rings is 1. The third kappa shape index (κ3) is 2.53. The molecule has 0 unspecified atom stereocenters. The van der Waals surface area contributed by atoms with Gasteiger partial charge in [0.2, 0.25) is 10.0 Å². The standard InChI is InChI=1S/C15H12N4O7S/c16-13-12-6(14(21)18-15(12)22)3-11(20)19(13)7-4-8-9(26-2-1-25-8)5-10(7)27(17,23)24/h3-5H,1-2,16H2,(H2,17,23,24)(H,18,21,22). The van der Waals surface area contributed by atoms with Crippen LogP contribution in [0.5, 0.6) is 11.5 Å². The van der Waals surface area contributed by atoms with Gasteiger partial charge in [0.15, 0.2) is 11.5 Å². The van der Waals surface area contributed by atoms with Gasteiger partial charge in [-0.05, 0) is 0 Å². The topological polar surface area (TPSA) is 173 Å². The van der Waals surface area contributed by atoms with E-state index >= 15 is 0 Å². The van der Waals surface area contributed by atoms with Gasteiger partial charge in [0.25, 0.3) is 17.4 Å². The van der Waals surface area contributed by atoms with E-state index in [-0.39, 0.29) is 41.5 Å². The number of imide groups is 1. The Bertz CT molecular complexity index is 1200. The highest BCUT2D eigenvalue weighted by atomic mass is 32.2. The van der Waals surface area contributed by atoms with E-state index in [0.717, 1.165) is 16.7 Å². The van der Waals surface area contributed by atoms with E-state index in [1.807, 2.05) is 5.32 Å². The zero-order valence-electron chi connectivity index (χ0n) is 13.5. The van der Waals surface area contributed by atoms with Crippen molar-refractivity contribution >= 4 is 27.7 Å². The number of nitrogens with zero attached hydrogens (tertiary/aromatic N) is 1. The number of rotatable bonds is 2. The van der Waals surface area contributed by atoms with Crippen molar-refractivity contribution < 1.29 is 27.5 Å². The van der Waals surface area contributed by atoms with Gasteiger partial charge in [0.05, 0.1) is 16.8 Å². The molecule has 0 bridgehead atoms. The van der Waals surface area contributed by atoms with E-state index in [9.17, 15) is 22.8 Å². The highest BCUT2D eigenvalue weighted by molar-refractivity contribution is 7.89. The third-order valence-corrected chi connectivity index (χ3v) is 5.06. The molecule has 1 aromatic carbocycles. The van der Waals surface area contributed by atoms with Gasteiger partial charge < -0.3 is 15.2 Å². The van der Waals surface area contributed by atoms with Crippen LogP contribution in [0, 0.1) is 0 Å². The van der Waals surface area contributed by atoms with E-state index in [4.69, 9.17) is 20.3 Å². The number of fused-ring (bicyclic) bond motifs is 2. The Kier molecular flexibility index (Phi) is 3.51. The second-order valence-corrected chi connectivity index (χ2v) is 7.31. The molecule has 0 fully saturated rings. The normalized spacial score (nSPS) is 15.4. The Morgan fingerprint density at radius 2 is 1.63 bits per heavy atom. The Morgan fingerprint density at radius 1 is 1.00 bits per heavy atom. The quantitative estimate of drug-likeness (QED) is 0.530. The number of nitrogens with one attached hydrogen (secondary N) is 1. The maximum absolute atomic E-state index is 12.6. The predicted octanol–water partition coefficient (Wildman–Crippen LogP) is -1.28. The lowest BCUT2D eigenvalue weighted by atomic mass is 10.1. The van der Waals surface area contributed by atoms with Crippen LogP contribution in [0.4, 0.5) is 5.82 Å². The maximum atomic E-state index is 12.6. The number of amides is 2. The second-order valence-electron chi connectivity index (χ2n) is 5.78. The summed E-state index contributed by atoms with van der Waals surface area (Å²) in [7, 11) is -4.31. The van der Waals surface area contributed by atoms with Crippen LogP contribution in [-0.2, 0) is 10.0 Å². The van der Waals surface area contributed by atoms with E-state index in [0.29, 0.717) is 0 Å². The molecule has 5 N–H and O–H groups in total. The second kappa shape index (κ2) is 5.56. The fourth-order valence-electron chi connectivity index (χ4n) is 2.99. The summed E-state index contributed by atoms with van der Waals surface area (Å²) in [6, 6.07) is 3.24. The molecule has 11 nitrogen and oxygen atoms in total. The van der Waals surface area contributed by atoms with Crippen molar-refractivity contribution in [2.75, 3.05) is 18.9 Å². The lowest BCUT2D eigenvalue weighted by molar-refractivity contribution is 0.0880. The first-order chi connectivity index (χ1) is 12.7. The molecule has 140 valence electrons. The minimum atomic E-state index is -4.31. The van der Waals surface area contributed by atoms with Gasteiger partial charge in [-0.1, -0.05) is 0 Å². The van der Waals surface area contributed by atoms with E-state index in [1.54, 1.807) is 0 Å². The molecule has 2 aromatic rings. The number of carbonyl (C=O) groups excluding carboxylic acids is 2. The number of sulfonamides is 1. The molecule has 1 aromatic heterocycles. The van der Waals surface area contributed by atoms with Gasteiger partial charge in [-0.2, -0.15) is 0 Å². The summed E-state index contributed by atoms with van der Waals surface area (Å²) in [6.07, 6.45) is 0. The smallest absolute Gasteiger partial charge is 0.262 e. The Balaban J connectivity index is 2.08. The average molecular weight is 392 g/mol. The van der Waals surface area contributed by atoms with Crippen molar-refractivity contribution in [3.8, 4) is 17.2 Å². The molecule has 27 heavy (non-hydrogen) atoms. The van der Waals surface area contributed by atoms with Crippen LogP contribution in [0.3, 0.4) is 0 Å². The number of aromatic nitrogens is 1. The molecule has 0 saturated carbocycles. The number of carbonyl (C=O) groups is 2. The van der Waals surface area contributed by atoms with E-state index < -0.39 is 38.1 Å². The largest absolute Gasteiger partial charge is 0.486 e. The lowest BCUT2D eigenvalue weighted by Crippen LogP contribution is -2.27. The van der Waals surface area contributed by atoms with Crippen LogP contribution in [0.15, 0.2) is 27.9 Å². The zero-order valence-corrected chi connectivity index (χ0v) is 14.3. The van der Waals surface area contributed by atoms with Crippen molar-refractivity contribution in [2.24, 2.45) is 5.14 Å². The molecular formula is C15H12N4O7S. The van der Waals surface area contributed by atoms with Gasteiger partial charge in [0.1, 0.15) is 23.9 Å². The Hall–Kier alpha value is -3.38. The predicted molar refractivity (Wildman–Crippen MR) is 90.6 cm³/mol. The zero-order chi connectivity index (χ0) is 19.5. The number of primary sulfonamides is 1. The summed E-state index contributed by atoms with van der Waals surface area (Å²) in [5, 5.41) is 7.30. The minimum absolute atomic E-state index is 0.134. The van der Waals surface area contributed by atoms with Gasteiger partial charge >= 0.3 is 0 Å². The number of hydrogen-bond acceptors (Lipinski definition) is 8. The lowest BCUT2D eigenvalue weighted by Gasteiger charge is -2.22. The number of hydrogen-bond donors (Lipinski definition) is 3. The fraction of sp³-hybridized carbons (Fsp3) is 0.133. The molecule has 2 aliphatic rings. The highest BCUT2D eigenvalue weighted by Crippen LogP contribution is 2.37. The number of ether oxygens (including phenoxy) is 2. The van der Waals surface area contributed by atoms with Crippen molar-refractivity contribution in [3.63, 3.8) is 0 Å². The first-order valence-corrected chi connectivity index (χ1v) is 9.11. The molecule has 0 spiro atoms. The molecule has 2 aliphatic heterocycles. The summed E-state index contributed by atoms with van der Waals surface area (Å²) in [6.45, 7) is 0.423. The maximum Gasteiger partial charge on any atom is 0.262 e. The summed E-state index contributed by atoms with van der Waals surface area (Å²) in [4.78, 5) is 35.9. The number of pyridine rings is 1. The van der Waals surface area contributed by atoms with Crippen LogP contribution in [0.2, 0.25) is 0 Å². The van der Waals surface area contributed by atoms with Gasteiger partial charge in [0, 0.05) is 18.2 Å². The van der Waals surface area contributed by atoms with Gasteiger partial charge in [-0.15, -0.1) is 0 Å². The molecule has 12 heteroatoms. The molecule has 4 rings (SSSR count). The molecule has 0 radical (unpaired) electrons. The van der Waals surface area contributed by atoms with E-state index in [1.165, 1.54) is 6.07 Å². The van der Waals surface area contributed by atoms with Crippen LogP contribution in [0.1, 0.15) is 20.7 Å². The summed E-state index contributed by atoms with van der Waals surface area (Å²) >= 11 is 0. The first kappa shape index (κ1) is 17.1. The van der Waals surface area contributed by atoms with Crippen LogP contribution < -0.4 is 31.2 Å². The minimum Gasteiger partial charge on any atom is -0.486 e. The van der Waals surface area contributed by atoms with Crippen molar-refractivity contribution in [1.29, 1.82) is 0 Å². The SMILES string of the molecule is Nc1c2c(cc(=O)n1-c1cc3c(cc1S(N)(=O)=O)OCCO3)C(=O)NC2=O. The number of nitrogen functional groups attached to an aromatic ring is 1. The highest BCUT2D eigenvalue weighted by Gasteiger charge is 2.33. The van der Waals surface area contributed by atoms with Crippen LogP contribution in [-0.4, -0.2) is 38.0 Å². The van der Waals surface area contributed by atoms with Crippen LogP contribution in [0.25, 0.3) is 5.69 Å². The molecule has 3 heterocycles. The Morgan fingerprint density at radius 3 is 2.26 bits per heavy atom. The van der Waals surface area contributed by atoms with Crippen molar-refractivity contribution in [1.82, 2.24) is 9.88 Å². The first-order valence-electron chi connectivity index (χ1n) is 7.56. The number of anilines is 1. The third-order valence-electron chi connectivity index (χ3n) is 4.12. The number of nitrogens with two attached hydrogens (primary N) is 2. The summed E-state index contributed by atoms with van der Waals surface area (Å²) in [5.74, 6) is -1.65. The average Bonchev–Trinajstić information content (AvgIpc) is 2.87. The van der Waals surface area contributed by atoms with Crippen LogP contribution >= 0.6 is 0 Å². The Labute approximate surface area is 151 Å². The van der Waals surface area contributed by atoms with Crippen molar-refractivity contribution in [2.45, 2.75) is 4.90 Å². The van der Waals surface area contributed by atoms with Crippen molar-refractivity contribution in [3.05, 3.63) is 39.7 Å². The molecule has 0 aliphatic carbocycles. The summed E-state index contributed by atoms with van der Waals surface area (Å²) in [5.41, 5.74) is 4.49.